The molecule has 0 spiro atoms. The summed E-state index contributed by atoms with van der Waals surface area (Å²) in [5, 5.41) is 4.38. The van der Waals surface area contributed by atoms with Crippen LogP contribution in [0.25, 0.3) is 21.0 Å². The van der Waals surface area contributed by atoms with Crippen molar-refractivity contribution in [3.63, 3.8) is 0 Å². The minimum Gasteiger partial charge on any atom is -0.466 e. The van der Waals surface area contributed by atoms with Gasteiger partial charge in [0.1, 0.15) is 0 Å². The maximum absolute atomic E-state index is 12.9. The molecule has 4 aromatic rings. The number of alkyl halides is 3. The number of nitrogens with zero attached hydrogens (tertiary/aromatic N) is 3. The van der Waals surface area contributed by atoms with Gasteiger partial charge in [0.05, 0.1) is 40.9 Å². The molecular weight excluding hydrogens is 431 g/mol. The molecule has 0 fully saturated rings. The fraction of sp³-hybridized carbons (Fsp3) is 0.238. The van der Waals surface area contributed by atoms with Gasteiger partial charge in [-0.2, -0.15) is 18.3 Å². The van der Waals surface area contributed by atoms with Crippen LogP contribution in [-0.4, -0.2) is 27.3 Å². The number of ether oxygens (including phenoxy) is 1. The molecule has 0 unspecified atom stereocenters. The van der Waals surface area contributed by atoms with Gasteiger partial charge < -0.3 is 4.74 Å². The number of carbonyl (C=O) groups is 1. The third kappa shape index (κ3) is 4.29. The van der Waals surface area contributed by atoms with Crippen LogP contribution in [0.5, 0.6) is 0 Å². The average Bonchev–Trinajstić information content (AvgIpc) is 3.16. The van der Waals surface area contributed by atoms with Crippen molar-refractivity contribution in [3.05, 3.63) is 69.1 Å². The third-order valence-corrected chi connectivity index (χ3v) is 5.67. The number of aromatic nitrogens is 3. The van der Waals surface area contributed by atoms with E-state index in [-0.39, 0.29) is 30.6 Å². The number of hydrogen-bond donors (Lipinski definition) is 0. The number of halogens is 3. The zero-order chi connectivity index (χ0) is 22.2. The first-order valence-corrected chi connectivity index (χ1v) is 10.2. The number of esters is 1. The highest BCUT2D eigenvalue weighted by atomic mass is 32.1. The molecule has 2 heterocycles. The molecule has 31 heavy (non-hydrogen) atoms. The minimum atomic E-state index is -4.51. The van der Waals surface area contributed by atoms with Crippen molar-refractivity contribution in [2.75, 3.05) is 6.61 Å². The lowest BCUT2D eigenvalue weighted by molar-refractivity contribution is -0.142. The lowest BCUT2D eigenvalue weighted by Crippen LogP contribution is -2.26. The number of rotatable bonds is 5. The molecule has 0 saturated heterocycles. The Morgan fingerprint density at radius 3 is 2.61 bits per heavy atom. The number of benzene rings is 2. The van der Waals surface area contributed by atoms with E-state index in [0.717, 1.165) is 0 Å². The fourth-order valence-electron chi connectivity index (χ4n) is 3.26. The van der Waals surface area contributed by atoms with Gasteiger partial charge in [-0.05, 0) is 30.7 Å². The van der Waals surface area contributed by atoms with Crippen molar-refractivity contribution in [2.24, 2.45) is 0 Å². The van der Waals surface area contributed by atoms with Crippen LogP contribution in [0.4, 0.5) is 13.2 Å². The summed E-state index contributed by atoms with van der Waals surface area (Å²) in [6.45, 7) is 1.95. The Balaban J connectivity index is 1.75. The van der Waals surface area contributed by atoms with Crippen molar-refractivity contribution in [1.82, 2.24) is 14.8 Å². The van der Waals surface area contributed by atoms with Gasteiger partial charge >= 0.3 is 12.1 Å². The molecule has 0 radical (unpaired) electrons. The summed E-state index contributed by atoms with van der Waals surface area (Å²) in [5.41, 5.74) is 0.800. The largest absolute Gasteiger partial charge is 0.466 e. The van der Waals surface area contributed by atoms with Crippen molar-refractivity contribution < 1.29 is 22.7 Å². The molecule has 0 aliphatic rings. The van der Waals surface area contributed by atoms with Gasteiger partial charge in [0.2, 0.25) is 0 Å². The molecule has 0 saturated carbocycles. The van der Waals surface area contributed by atoms with Gasteiger partial charge in [0.15, 0.2) is 5.01 Å². The van der Waals surface area contributed by atoms with E-state index in [1.165, 1.54) is 10.7 Å². The van der Waals surface area contributed by atoms with E-state index in [4.69, 9.17) is 4.74 Å². The number of carbonyl (C=O) groups excluding carboxylic acids is 1. The Morgan fingerprint density at radius 1 is 1.16 bits per heavy atom. The van der Waals surface area contributed by atoms with Crippen LogP contribution >= 0.6 is 11.3 Å². The van der Waals surface area contributed by atoms with Gasteiger partial charge in [-0.1, -0.05) is 24.3 Å². The molecule has 6 nitrogen and oxygen atoms in total. The molecule has 0 aliphatic heterocycles. The molecule has 0 aliphatic carbocycles. The molecule has 0 atom stereocenters. The monoisotopic (exact) mass is 447 g/mol. The lowest BCUT2D eigenvalue weighted by atomic mass is 10.1. The molecule has 0 N–H and O–H groups in total. The SMILES string of the molecule is CCOC(=O)Cc1nn(Cc2ccc3sc(C(F)(F)F)nc3c2)c(=O)c2ccccc12. The predicted octanol–water partition coefficient (Wildman–Crippen LogP) is 4.18. The van der Waals surface area contributed by atoms with E-state index in [0.29, 0.717) is 38.1 Å². The second kappa shape index (κ2) is 8.10. The highest BCUT2D eigenvalue weighted by Gasteiger charge is 2.34. The summed E-state index contributed by atoms with van der Waals surface area (Å²) < 4.78 is 45.4. The molecule has 0 amide bonds. The summed E-state index contributed by atoms with van der Waals surface area (Å²) in [5.74, 6) is -0.464. The minimum absolute atomic E-state index is 0.0221. The molecular formula is C21H16F3N3O3S. The fourth-order valence-corrected chi connectivity index (χ4v) is 4.07. The van der Waals surface area contributed by atoms with E-state index in [2.05, 4.69) is 10.1 Å². The van der Waals surface area contributed by atoms with Crippen LogP contribution in [0.15, 0.2) is 47.3 Å². The van der Waals surface area contributed by atoms with E-state index in [1.54, 1.807) is 43.3 Å². The zero-order valence-electron chi connectivity index (χ0n) is 16.3. The summed E-state index contributed by atoms with van der Waals surface area (Å²) in [6, 6.07) is 11.5. The smallest absolute Gasteiger partial charge is 0.443 e. The summed E-state index contributed by atoms with van der Waals surface area (Å²) in [7, 11) is 0. The maximum atomic E-state index is 12.9. The molecule has 2 aromatic heterocycles. The van der Waals surface area contributed by atoms with Gasteiger partial charge in [0, 0.05) is 5.39 Å². The second-order valence-electron chi connectivity index (χ2n) is 6.76. The van der Waals surface area contributed by atoms with Gasteiger partial charge in [-0.3, -0.25) is 9.59 Å². The summed E-state index contributed by atoms with van der Waals surface area (Å²) in [6.07, 6.45) is -4.61. The first-order valence-electron chi connectivity index (χ1n) is 9.37. The third-order valence-electron chi connectivity index (χ3n) is 4.59. The average molecular weight is 447 g/mol. The maximum Gasteiger partial charge on any atom is 0.443 e. The predicted molar refractivity (Wildman–Crippen MR) is 110 cm³/mol. The number of thiazole rings is 1. The summed E-state index contributed by atoms with van der Waals surface area (Å²) in [4.78, 5) is 28.6. The van der Waals surface area contributed by atoms with Crippen LogP contribution in [0.1, 0.15) is 23.2 Å². The molecule has 10 heteroatoms. The number of fused-ring (bicyclic) bond motifs is 2. The van der Waals surface area contributed by atoms with Crippen molar-refractivity contribution in [3.8, 4) is 0 Å². The Morgan fingerprint density at radius 2 is 1.90 bits per heavy atom. The first-order chi connectivity index (χ1) is 14.8. The summed E-state index contributed by atoms with van der Waals surface area (Å²) >= 11 is 0.566. The van der Waals surface area contributed by atoms with E-state index >= 15 is 0 Å². The quantitative estimate of drug-likeness (QED) is 0.429. The lowest BCUT2D eigenvalue weighted by Gasteiger charge is -2.11. The van der Waals surface area contributed by atoms with E-state index in [9.17, 15) is 22.8 Å². The van der Waals surface area contributed by atoms with Crippen LogP contribution in [0, 0.1) is 0 Å². The Labute approximate surface area is 177 Å². The van der Waals surface area contributed by atoms with Gasteiger partial charge in [0.25, 0.3) is 5.56 Å². The second-order valence-corrected chi connectivity index (χ2v) is 7.79. The van der Waals surface area contributed by atoms with Crippen LogP contribution in [-0.2, 0) is 28.7 Å². The topological polar surface area (TPSA) is 74.1 Å². The highest BCUT2D eigenvalue weighted by molar-refractivity contribution is 7.18. The van der Waals surface area contributed by atoms with E-state index < -0.39 is 17.2 Å². The molecule has 0 bridgehead atoms. The van der Waals surface area contributed by atoms with Crippen LogP contribution in [0.3, 0.4) is 0 Å². The Hall–Kier alpha value is -3.27. The Kier molecular flexibility index (Phi) is 5.48. The van der Waals surface area contributed by atoms with Gasteiger partial charge in [-0.25, -0.2) is 9.67 Å². The van der Waals surface area contributed by atoms with E-state index in [1.807, 2.05) is 0 Å². The van der Waals surface area contributed by atoms with Crippen LogP contribution < -0.4 is 5.56 Å². The normalized spacial score (nSPS) is 11.9. The highest BCUT2D eigenvalue weighted by Crippen LogP contribution is 2.35. The molecule has 160 valence electrons. The van der Waals surface area contributed by atoms with Crippen LogP contribution in [0.2, 0.25) is 0 Å². The van der Waals surface area contributed by atoms with Gasteiger partial charge in [-0.15, -0.1) is 11.3 Å². The van der Waals surface area contributed by atoms with Crippen molar-refractivity contribution in [1.29, 1.82) is 0 Å². The van der Waals surface area contributed by atoms with Crippen molar-refractivity contribution >= 4 is 38.3 Å². The first kappa shape index (κ1) is 21.0. The standard InChI is InChI=1S/C21H16F3N3O3S/c1-2-30-18(28)10-15-13-5-3-4-6-14(13)19(29)27(26-15)11-12-7-8-17-16(9-12)25-20(31-17)21(22,23)24/h3-9H,2,10-11H2,1H3. The number of hydrogen-bond acceptors (Lipinski definition) is 6. The molecule has 2 aromatic carbocycles. The zero-order valence-corrected chi connectivity index (χ0v) is 17.1. The molecule has 4 rings (SSSR count). The van der Waals surface area contributed by atoms with Crippen molar-refractivity contribution in [2.45, 2.75) is 26.1 Å². The Bertz CT molecular complexity index is 1340.